The normalized spacial score (nSPS) is 24.5. The fourth-order valence-electron chi connectivity index (χ4n) is 3.38. The molecule has 0 unspecified atom stereocenters. The molecular formula is C18H24N2O4. The molecule has 2 amide bonds. The maximum atomic E-state index is 11.9. The molecule has 1 aliphatic heterocycles. The lowest BCUT2D eigenvalue weighted by atomic mass is 9.90. The number of carbonyl (C=O) groups excluding carboxylic acids is 2. The summed E-state index contributed by atoms with van der Waals surface area (Å²) in [6, 6.07) is 10.0. The van der Waals surface area contributed by atoms with Crippen LogP contribution in [0.4, 0.5) is 4.79 Å². The van der Waals surface area contributed by atoms with Crippen molar-refractivity contribution in [1.82, 2.24) is 10.2 Å². The number of rotatable bonds is 4. The van der Waals surface area contributed by atoms with E-state index in [0.717, 1.165) is 31.2 Å². The van der Waals surface area contributed by atoms with Gasteiger partial charge >= 0.3 is 6.09 Å². The molecule has 0 aromatic heterocycles. The first kappa shape index (κ1) is 16.8. The summed E-state index contributed by atoms with van der Waals surface area (Å²) in [5.74, 6) is 0.0833. The summed E-state index contributed by atoms with van der Waals surface area (Å²) in [5, 5.41) is 2.93. The number of benzene rings is 1. The Hall–Kier alpha value is -2.08. The first-order chi connectivity index (χ1) is 11.7. The molecule has 1 aliphatic carbocycles. The van der Waals surface area contributed by atoms with E-state index in [9.17, 15) is 9.59 Å². The minimum absolute atomic E-state index is 0.0833. The molecular weight excluding hydrogens is 308 g/mol. The molecule has 1 heterocycles. The van der Waals surface area contributed by atoms with E-state index in [0.29, 0.717) is 13.2 Å². The van der Waals surface area contributed by atoms with E-state index in [-0.39, 0.29) is 37.3 Å². The van der Waals surface area contributed by atoms with Crippen LogP contribution in [0.2, 0.25) is 0 Å². The van der Waals surface area contributed by atoms with Gasteiger partial charge in [0.05, 0.1) is 6.61 Å². The van der Waals surface area contributed by atoms with Crippen LogP contribution in [0.5, 0.6) is 0 Å². The molecule has 3 rings (SSSR count). The van der Waals surface area contributed by atoms with Crippen molar-refractivity contribution in [3.05, 3.63) is 35.9 Å². The van der Waals surface area contributed by atoms with Gasteiger partial charge in [-0.3, -0.25) is 4.79 Å². The van der Waals surface area contributed by atoms with Crippen molar-refractivity contribution in [2.45, 2.75) is 44.4 Å². The van der Waals surface area contributed by atoms with Gasteiger partial charge in [-0.1, -0.05) is 30.3 Å². The third-order valence-corrected chi connectivity index (χ3v) is 4.69. The molecule has 0 atom stereocenters. The number of morpholine rings is 1. The zero-order valence-electron chi connectivity index (χ0n) is 13.8. The molecule has 0 spiro atoms. The zero-order valence-corrected chi connectivity index (χ0v) is 13.8. The molecule has 130 valence electrons. The molecule has 1 aromatic rings. The van der Waals surface area contributed by atoms with Crippen LogP contribution in [0.3, 0.4) is 0 Å². The van der Waals surface area contributed by atoms with Crippen molar-refractivity contribution in [3.63, 3.8) is 0 Å². The van der Waals surface area contributed by atoms with Gasteiger partial charge in [-0.15, -0.1) is 0 Å². The topological polar surface area (TPSA) is 67.9 Å². The Bertz CT molecular complexity index is 555. The quantitative estimate of drug-likeness (QED) is 0.917. The fraction of sp³-hybridized carbons (Fsp3) is 0.556. The van der Waals surface area contributed by atoms with E-state index in [1.807, 2.05) is 35.2 Å². The summed E-state index contributed by atoms with van der Waals surface area (Å²) in [4.78, 5) is 25.7. The summed E-state index contributed by atoms with van der Waals surface area (Å²) < 4.78 is 10.4. The molecule has 24 heavy (non-hydrogen) atoms. The lowest BCUT2D eigenvalue weighted by Crippen LogP contribution is -2.50. The van der Waals surface area contributed by atoms with E-state index in [4.69, 9.17) is 9.47 Å². The van der Waals surface area contributed by atoms with Crippen LogP contribution >= 0.6 is 0 Å². The van der Waals surface area contributed by atoms with E-state index in [1.54, 1.807) is 0 Å². The highest BCUT2D eigenvalue weighted by atomic mass is 16.5. The van der Waals surface area contributed by atoms with Gasteiger partial charge in [-0.25, -0.2) is 4.79 Å². The number of ether oxygens (including phenoxy) is 2. The van der Waals surface area contributed by atoms with Gasteiger partial charge in [0.1, 0.15) is 13.2 Å². The van der Waals surface area contributed by atoms with Crippen molar-refractivity contribution < 1.29 is 19.1 Å². The van der Waals surface area contributed by atoms with Gasteiger partial charge < -0.3 is 19.7 Å². The minimum Gasteiger partial charge on any atom is -0.445 e. The van der Waals surface area contributed by atoms with Gasteiger partial charge in [0.25, 0.3) is 0 Å². The fourth-order valence-corrected chi connectivity index (χ4v) is 3.38. The Kier molecular flexibility index (Phi) is 5.69. The van der Waals surface area contributed by atoms with Gasteiger partial charge in [0.15, 0.2) is 0 Å². The lowest BCUT2D eigenvalue weighted by Gasteiger charge is -2.38. The van der Waals surface area contributed by atoms with Crippen LogP contribution in [0, 0.1) is 0 Å². The second kappa shape index (κ2) is 8.15. The number of hydrogen-bond acceptors (Lipinski definition) is 4. The Morgan fingerprint density at radius 3 is 2.67 bits per heavy atom. The number of nitrogens with one attached hydrogen (secondary N) is 1. The third kappa shape index (κ3) is 4.47. The van der Waals surface area contributed by atoms with Crippen LogP contribution in [0.25, 0.3) is 0 Å². The summed E-state index contributed by atoms with van der Waals surface area (Å²) in [6.07, 6.45) is 3.20. The van der Waals surface area contributed by atoms with Gasteiger partial charge in [-0.05, 0) is 31.2 Å². The number of carbonyl (C=O) groups is 2. The van der Waals surface area contributed by atoms with Crippen molar-refractivity contribution in [2.24, 2.45) is 0 Å². The summed E-state index contributed by atoms with van der Waals surface area (Å²) in [7, 11) is 0. The number of alkyl carbamates (subject to hydrolysis) is 1. The van der Waals surface area contributed by atoms with Crippen molar-refractivity contribution in [2.75, 3.05) is 19.8 Å². The van der Waals surface area contributed by atoms with Crippen LogP contribution in [-0.4, -0.2) is 48.7 Å². The number of amides is 2. The van der Waals surface area contributed by atoms with E-state index >= 15 is 0 Å². The maximum Gasteiger partial charge on any atom is 0.407 e. The summed E-state index contributed by atoms with van der Waals surface area (Å²) in [5.41, 5.74) is 0.974. The highest BCUT2D eigenvalue weighted by Crippen LogP contribution is 2.24. The highest BCUT2D eigenvalue weighted by Gasteiger charge is 2.31. The van der Waals surface area contributed by atoms with E-state index in [2.05, 4.69) is 5.32 Å². The molecule has 0 bridgehead atoms. The number of nitrogens with zero attached hydrogens (tertiary/aromatic N) is 1. The summed E-state index contributed by atoms with van der Waals surface area (Å²) in [6.45, 7) is 1.78. The molecule has 6 heteroatoms. The molecule has 1 saturated carbocycles. The Morgan fingerprint density at radius 2 is 1.96 bits per heavy atom. The third-order valence-electron chi connectivity index (χ3n) is 4.69. The van der Waals surface area contributed by atoms with Crippen molar-refractivity contribution >= 4 is 12.0 Å². The molecule has 1 N–H and O–H groups in total. The van der Waals surface area contributed by atoms with Gasteiger partial charge in [0, 0.05) is 18.6 Å². The smallest absolute Gasteiger partial charge is 0.407 e. The van der Waals surface area contributed by atoms with Crippen molar-refractivity contribution in [3.8, 4) is 0 Å². The molecule has 1 aromatic carbocycles. The van der Waals surface area contributed by atoms with E-state index < -0.39 is 0 Å². The van der Waals surface area contributed by atoms with Crippen LogP contribution in [0.15, 0.2) is 30.3 Å². The Labute approximate surface area is 142 Å². The average molecular weight is 332 g/mol. The SMILES string of the molecule is O=C(N[C@H]1CC[C@H](N2CCOCC2=O)CC1)OCc1ccccc1. The van der Waals surface area contributed by atoms with Crippen LogP contribution in [0.1, 0.15) is 31.2 Å². The molecule has 1 saturated heterocycles. The van der Waals surface area contributed by atoms with Gasteiger partial charge in [-0.2, -0.15) is 0 Å². The maximum absolute atomic E-state index is 11.9. The monoisotopic (exact) mass is 332 g/mol. The molecule has 6 nitrogen and oxygen atoms in total. The second-order valence-electron chi connectivity index (χ2n) is 6.35. The zero-order chi connectivity index (χ0) is 16.8. The van der Waals surface area contributed by atoms with Crippen molar-refractivity contribution in [1.29, 1.82) is 0 Å². The van der Waals surface area contributed by atoms with Gasteiger partial charge in [0.2, 0.25) is 5.91 Å². The largest absolute Gasteiger partial charge is 0.445 e. The first-order valence-corrected chi connectivity index (χ1v) is 8.57. The minimum atomic E-state index is -0.371. The average Bonchev–Trinajstić information content (AvgIpc) is 2.62. The molecule has 0 radical (unpaired) electrons. The predicted octanol–water partition coefficient (Wildman–Crippen LogP) is 2.08. The Balaban J connectivity index is 1.38. The summed E-state index contributed by atoms with van der Waals surface area (Å²) >= 11 is 0. The van der Waals surface area contributed by atoms with Crippen LogP contribution < -0.4 is 5.32 Å². The second-order valence-corrected chi connectivity index (χ2v) is 6.35. The van der Waals surface area contributed by atoms with Crippen LogP contribution in [-0.2, 0) is 20.9 Å². The highest BCUT2D eigenvalue weighted by molar-refractivity contribution is 5.78. The van der Waals surface area contributed by atoms with E-state index in [1.165, 1.54) is 0 Å². The Morgan fingerprint density at radius 1 is 1.21 bits per heavy atom. The molecule has 2 aliphatic rings. The standard InChI is InChI=1S/C18H24N2O4/c21-17-13-23-11-10-20(17)16-8-6-15(7-9-16)19-18(22)24-12-14-4-2-1-3-5-14/h1-5,15-16H,6-13H2,(H,19,22)/t15-,16-. The predicted molar refractivity (Wildman–Crippen MR) is 88.3 cm³/mol. The lowest BCUT2D eigenvalue weighted by molar-refractivity contribution is -0.146. The number of hydrogen-bond donors (Lipinski definition) is 1. The molecule has 2 fully saturated rings. The first-order valence-electron chi connectivity index (χ1n) is 8.57.